The van der Waals surface area contributed by atoms with Crippen molar-refractivity contribution in [3.8, 4) is 17.0 Å². The maximum Gasteiger partial charge on any atom is 0.411 e. The van der Waals surface area contributed by atoms with E-state index >= 15 is 0 Å². The molecule has 0 bridgehead atoms. The van der Waals surface area contributed by atoms with Gasteiger partial charge in [0.2, 0.25) is 0 Å². The Hall–Kier alpha value is -3.57. The topological polar surface area (TPSA) is 95.5 Å². The van der Waals surface area contributed by atoms with Gasteiger partial charge in [-0.25, -0.2) is 5.48 Å². The highest BCUT2D eigenvalue weighted by molar-refractivity contribution is 5.93. The van der Waals surface area contributed by atoms with Crippen LogP contribution in [0.4, 0.5) is 13.2 Å². The fourth-order valence-corrected chi connectivity index (χ4v) is 3.99. The lowest BCUT2D eigenvalue weighted by atomic mass is 9.88. The molecule has 11 heteroatoms. The number of alkyl halides is 3. The maximum absolute atomic E-state index is 12.7. The van der Waals surface area contributed by atoms with Crippen LogP contribution in [-0.4, -0.2) is 53.0 Å². The van der Waals surface area contributed by atoms with E-state index in [0.29, 0.717) is 17.9 Å². The standard InChI is InChI=1S/C25H25F3N4O4/c1-15-10-30-23(16(2)31-15)19-6-3-7-21-20(19)9-18(12-35-21)22(13-34-14-25(26,27)28)36-32-24(33)17-5-4-8-29-11-17/h3-8,10-11,18,22H,9,12-14H2,1-2H3,(H,32,33)/t18-,22?/m0/s1. The van der Waals surface area contributed by atoms with Crippen LogP contribution in [0.2, 0.25) is 0 Å². The summed E-state index contributed by atoms with van der Waals surface area (Å²) in [5, 5.41) is 0. The largest absolute Gasteiger partial charge is 0.493 e. The Kier molecular flexibility index (Phi) is 7.80. The number of ether oxygens (including phenoxy) is 2. The number of rotatable bonds is 8. The summed E-state index contributed by atoms with van der Waals surface area (Å²) < 4.78 is 49.0. The van der Waals surface area contributed by atoms with Crippen LogP contribution in [0.15, 0.2) is 48.9 Å². The average Bonchev–Trinajstić information content (AvgIpc) is 2.85. The van der Waals surface area contributed by atoms with Gasteiger partial charge in [-0.05, 0) is 38.5 Å². The number of pyridine rings is 1. The number of fused-ring (bicyclic) bond motifs is 1. The zero-order chi connectivity index (χ0) is 25.7. The zero-order valence-corrected chi connectivity index (χ0v) is 19.7. The lowest BCUT2D eigenvalue weighted by molar-refractivity contribution is -0.187. The summed E-state index contributed by atoms with van der Waals surface area (Å²) in [6.07, 6.45) is -0.463. The van der Waals surface area contributed by atoms with E-state index in [1.54, 1.807) is 12.3 Å². The van der Waals surface area contributed by atoms with Crippen molar-refractivity contribution in [2.75, 3.05) is 19.8 Å². The van der Waals surface area contributed by atoms with Gasteiger partial charge in [-0.3, -0.25) is 24.6 Å². The first kappa shape index (κ1) is 25.5. The fraction of sp³-hybridized carbons (Fsp3) is 0.360. The van der Waals surface area contributed by atoms with Crippen molar-refractivity contribution in [2.45, 2.75) is 32.5 Å². The molecule has 1 N–H and O–H groups in total. The van der Waals surface area contributed by atoms with E-state index in [1.165, 1.54) is 18.5 Å². The van der Waals surface area contributed by atoms with E-state index in [1.807, 2.05) is 32.0 Å². The van der Waals surface area contributed by atoms with Gasteiger partial charge in [-0.1, -0.05) is 12.1 Å². The molecule has 3 heterocycles. The third-order valence-corrected chi connectivity index (χ3v) is 5.67. The number of hydroxylamine groups is 1. The molecule has 0 saturated heterocycles. The second kappa shape index (κ2) is 11.0. The van der Waals surface area contributed by atoms with Crippen LogP contribution in [-0.2, 0) is 16.0 Å². The fourth-order valence-electron chi connectivity index (χ4n) is 3.99. The molecule has 0 spiro atoms. The Labute approximate surface area is 205 Å². The van der Waals surface area contributed by atoms with Crippen LogP contribution < -0.4 is 10.2 Å². The number of carbonyl (C=O) groups excluding carboxylic acids is 1. The molecule has 0 saturated carbocycles. The van der Waals surface area contributed by atoms with Gasteiger partial charge in [0.25, 0.3) is 5.91 Å². The van der Waals surface area contributed by atoms with Gasteiger partial charge in [0, 0.05) is 35.6 Å². The predicted octanol–water partition coefficient (Wildman–Crippen LogP) is 4.02. The number of nitrogens with zero attached hydrogens (tertiary/aromatic N) is 3. The van der Waals surface area contributed by atoms with Crippen LogP contribution >= 0.6 is 0 Å². The Bertz CT molecular complexity index is 1210. The lowest BCUT2D eigenvalue weighted by Gasteiger charge is -2.32. The molecule has 1 aromatic carbocycles. The smallest absolute Gasteiger partial charge is 0.411 e. The molecule has 1 aliphatic heterocycles. The number of amides is 1. The highest BCUT2D eigenvalue weighted by Gasteiger charge is 2.34. The van der Waals surface area contributed by atoms with E-state index < -0.39 is 37.3 Å². The van der Waals surface area contributed by atoms with Gasteiger partial charge in [-0.15, -0.1) is 0 Å². The highest BCUT2D eigenvalue weighted by atomic mass is 19.4. The molecule has 36 heavy (non-hydrogen) atoms. The molecule has 8 nitrogen and oxygen atoms in total. The molecule has 0 radical (unpaired) electrons. The second-order valence-corrected chi connectivity index (χ2v) is 8.46. The van der Waals surface area contributed by atoms with Crippen LogP contribution in [0.5, 0.6) is 5.75 Å². The summed E-state index contributed by atoms with van der Waals surface area (Å²) in [4.78, 5) is 30.9. The normalized spacial score (nSPS) is 16.1. The average molecular weight is 502 g/mol. The SMILES string of the molecule is Cc1cnc(-c2cccc3c2C[C@H](C(COCC(F)(F)F)ONC(=O)c2cccnc2)CO3)c(C)n1. The lowest BCUT2D eigenvalue weighted by Crippen LogP contribution is -2.42. The first-order chi connectivity index (χ1) is 17.2. The first-order valence-electron chi connectivity index (χ1n) is 11.3. The number of aryl methyl sites for hydroxylation is 2. The van der Waals surface area contributed by atoms with Crippen molar-refractivity contribution in [1.29, 1.82) is 0 Å². The van der Waals surface area contributed by atoms with Gasteiger partial charge in [0.05, 0.1) is 35.9 Å². The number of hydrogen-bond acceptors (Lipinski definition) is 7. The molecule has 0 aliphatic carbocycles. The molecule has 3 aromatic rings. The van der Waals surface area contributed by atoms with Crippen molar-refractivity contribution < 1.29 is 32.3 Å². The molecular weight excluding hydrogens is 477 g/mol. The van der Waals surface area contributed by atoms with Crippen LogP contribution in [0.25, 0.3) is 11.3 Å². The van der Waals surface area contributed by atoms with Gasteiger partial charge in [0.1, 0.15) is 18.5 Å². The Balaban J connectivity index is 1.55. The Morgan fingerprint density at radius 1 is 1.22 bits per heavy atom. The number of nitrogens with one attached hydrogen (secondary N) is 1. The first-order valence-corrected chi connectivity index (χ1v) is 11.3. The number of aromatic nitrogens is 3. The zero-order valence-electron chi connectivity index (χ0n) is 19.7. The van der Waals surface area contributed by atoms with Gasteiger partial charge < -0.3 is 9.47 Å². The monoisotopic (exact) mass is 502 g/mol. The summed E-state index contributed by atoms with van der Waals surface area (Å²) >= 11 is 0. The van der Waals surface area contributed by atoms with Gasteiger partial charge in [-0.2, -0.15) is 13.2 Å². The van der Waals surface area contributed by atoms with E-state index in [9.17, 15) is 18.0 Å². The van der Waals surface area contributed by atoms with Crippen LogP contribution in [0.1, 0.15) is 27.3 Å². The van der Waals surface area contributed by atoms with E-state index in [2.05, 4.69) is 20.4 Å². The molecule has 1 amide bonds. The van der Waals surface area contributed by atoms with Gasteiger partial charge >= 0.3 is 6.18 Å². The molecule has 2 atom stereocenters. The molecule has 0 fully saturated rings. The summed E-state index contributed by atoms with van der Waals surface area (Å²) in [6, 6.07) is 8.70. The quantitative estimate of drug-likeness (QED) is 0.465. The van der Waals surface area contributed by atoms with E-state index in [0.717, 1.165) is 22.5 Å². The highest BCUT2D eigenvalue weighted by Crippen LogP contribution is 2.37. The van der Waals surface area contributed by atoms with Gasteiger partial charge in [0.15, 0.2) is 0 Å². The number of carbonyl (C=O) groups is 1. The summed E-state index contributed by atoms with van der Waals surface area (Å²) in [7, 11) is 0. The molecule has 1 aliphatic rings. The number of hydrogen-bond donors (Lipinski definition) is 1. The minimum Gasteiger partial charge on any atom is -0.493 e. The van der Waals surface area contributed by atoms with Crippen molar-refractivity contribution in [3.05, 3.63) is 71.4 Å². The van der Waals surface area contributed by atoms with Crippen LogP contribution in [0, 0.1) is 19.8 Å². The molecule has 4 rings (SSSR count). The maximum atomic E-state index is 12.7. The second-order valence-electron chi connectivity index (χ2n) is 8.46. The Morgan fingerprint density at radius 2 is 2.06 bits per heavy atom. The number of benzene rings is 1. The molecule has 1 unspecified atom stereocenters. The van der Waals surface area contributed by atoms with Crippen molar-refractivity contribution in [2.24, 2.45) is 5.92 Å². The Morgan fingerprint density at radius 3 is 2.78 bits per heavy atom. The molecular formula is C25H25F3N4O4. The predicted molar refractivity (Wildman–Crippen MR) is 123 cm³/mol. The third-order valence-electron chi connectivity index (χ3n) is 5.67. The molecule has 2 aromatic heterocycles. The summed E-state index contributed by atoms with van der Waals surface area (Å²) in [6.45, 7) is 2.04. The third kappa shape index (κ3) is 6.35. The number of halogens is 3. The van der Waals surface area contributed by atoms with E-state index in [-0.39, 0.29) is 12.2 Å². The minimum absolute atomic E-state index is 0.165. The van der Waals surface area contributed by atoms with Crippen LogP contribution in [0.3, 0.4) is 0 Å². The minimum atomic E-state index is -4.49. The van der Waals surface area contributed by atoms with Crippen molar-refractivity contribution in [3.63, 3.8) is 0 Å². The van der Waals surface area contributed by atoms with Crippen molar-refractivity contribution >= 4 is 5.91 Å². The summed E-state index contributed by atoms with van der Waals surface area (Å²) in [5.74, 6) is -0.341. The van der Waals surface area contributed by atoms with Crippen molar-refractivity contribution in [1.82, 2.24) is 20.4 Å². The van der Waals surface area contributed by atoms with E-state index in [4.69, 9.17) is 14.3 Å². The molecule has 190 valence electrons. The summed E-state index contributed by atoms with van der Waals surface area (Å²) in [5.41, 5.74) is 6.43.